The summed E-state index contributed by atoms with van der Waals surface area (Å²) in [5.41, 5.74) is 1.59. The number of ether oxygens (including phenoxy) is 2. The number of benzene rings is 2. The third kappa shape index (κ3) is 4.77. The number of methoxy groups -OCH3 is 1. The Hall–Kier alpha value is -3.61. The van der Waals surface area contributed by atoms with Crippen molar-refractivity contribution in [2.45, 2.75) is 32.9 Å². The van der Waals surface area contributed by atoms with Gasteiger partial charge in [0.2, 0.25) is 5.78 Å². The molecule has 3 rings (SSSR count). The number of esters is 1. The molecule has 2 atom stereocenters. The lowest BCUT2D eigenvalue weighted by Gasteiger charge is -2.23. The highest BCUT2D eigenvalue weighted by atomic mass is 16.5. The van der Waals surface area contributed by atoms with E-state index in [0.717, 1.165) is 10.9 Å². The molecule has 3 aromatic rings. The van der Waals surface area contributed by atoms with Gasteiger partial charge in [0.15, 0.2) is 6.10 Å². The van der Waals surface area contributed by atoms with Crippen LogP contribution in [0.3, 0.4) is 0 Å². The number of amides is 1. The standard InChI is InChI=1S/C24H26N2O5/c1-14(2)21(26-23(28)17-10-6-8-12-20(17)30-4)24(29)31-15(3)22(27)18-13-25-19-11-7-5-9-16(18)19/h5-15,21,25H,1-4H3,(H,26,28)/t15-,21+/m1/s1. The van der Waals surface area contributed by atoms with E-state index < -0.39 is 24.0 Å². The minimum atomic E-state index is -1.00. The average Bonchev–Trinajstić information content (AvgIpc) is 3.20. The summed E-state index contributed by atoms with van der Waals surface area (Å²) in [6.07, 6.45) is 0.608. The molecule has 7 nitrogen and oxygen atoms in total. The molecule has 2 N–H and O–H groups in total. The van der Waals surface area contributed by atoms with Gasteiger partial charge in [-0.25, -0.2) is 4.79 Å². The third-order valence-electron chi connectivity index (χ3n) is 5.08. The SMILES string of the molecule is COc1ccccc1C(=O)N[C@H](C(=O)O[C@H](C)C(=O)c1c[nH]c2ccccc12)C(C)C. The molecular formula is C24H26N2O5. The maximum atomic E-state index is 12.9. The van der Waals surface area contributed by atoms with Crippen LogP contribution in [0.2, 0.25) is 0 Å². The molecule has 0 radical (unpaired) electrons. The summed E-state index contributed by atoms with van der Waals surface area (Å²) in [6, 6.07) is 13.2. The van der Waals surface area contributed by atoms with Crippen molar-refractivity contribution in [3.8, 4) is 5.75 Å². The van der Waals surface area contributed by atoms with Gasteiger partial charge in [-0.2, -0.15) is 0 Å². The minimum Gasteiger partial charge on any atom is -0.496 e. The summed E-state index contributed by atoms with van der Waals surface area (Å²) in [5.74, 6) is -1.28. The monoisotopic (exact) mass is 422 g/mol. The maximum absolute atomic E-state index is 12.9. The fraction of sp³-hybridized carbons (Fsp3) is 0.292. The number of hydrogen-bond donors (Lipinski definition) is 2. The van der Waals surface area contributed by atoms with Gasteiger partial charge in [-0.1, -0.05) is 44.2 Å². The Morgan fingerprint density at radius 3 is 2.32 bits per heavy atom. The summed E-state index contributed by atoms with van der Waals surface area (Å²) in [4.78, 5) is 41.5. The van der Waals surface area contributed by atoms with Gasteiger partial charge in [-0.05, 0) is 31.0 Å². The van der Waals surface area contributed by atoms with Crippen molar-refractivity contribution in [3.05, 3.63) is 65.9 Å². The summed E-state index contributed by atoms with van der Waals surface area (Å²) >= 11 is 0. The lowest BCUT2D eigenvalue weighted by atomic mass is 10.0. The topological polar surface area (TPSA) is 97.5 Å². The second kappa shape index (κ2) is 9.47. The highest BCUT2D eigenvalue weighted by molar-refractivity contribution is 6.10. The summed E-state index contributed by atoms with van der Waals surface area (Å²) in [6.45, 7) is 5.11. The quantitative estimate of drug-likeness (QED) is 0.426. The first kappa shape index (κ1) is 22.1. The Morgan fingerprint density at radius 2 is 1.61 bits per heavy atom. The predicted molar refractivity (Wildman–Crippen MR) is 117 cm³/mol. The molecule has 1 aromatic heterocycles. The lowest BCUT2D eigenvalue weighted by Crippen LogP contribution is -2.46. The number of carbonyl (C=O) groups is 3. The van der Waals surface area contributed by atoms with E-state index in [1.165, 1.54) is 14.0 Å². The number of hydrogen-bond acceptors (Lipinski definition) is 5. The third-order valence-corrected chi connectivity index (χ3v) is 5.08. The molecule has 0 bridgehead atoms. The van der Waals surface area contributed by atoms with E-state index in [-0.39, 0.29) is 11.7 Å². The number of ketones is 1. The van der Waals surface area contributed by atoms with Crippen LogP contribution >= 0.6 is 0 Å². The van der Waals surface area contributed by atoms with E-state index in [4.69, 9.17) is 9.47 Å². The van der Waals surface area contributed by atoms with E-state index in [0.29, 0.717) is 16.9 Å². The molecule has 31 heavy (non-hydrogen) atoms. The molecular weight excluding hydrogens is 396 g/mol. The minimum absolute atomic E-state index is 0.249. The number of H-pyrrole nitrogens is 1. The van der Waals surface area contributed by atoms with Gasteiger partial charge in [0, 0.05) is 22.7 Å². The number of nitrogens with one attached hydrogen (secondary N) is 2. The van der Waals surface area contributed by atoms with Crippen molar-refractivity contribution in [1.82, 2.24) is 10.3 Å². The van der Waals surface area contributed by atoms with E-state index in [1.54, 1.807) is 44.3 Å². The zero-order chi connectivity index (χ0) is 22.5. The lowest BCUT2D eigenvalue weighted by molar-refractivity contribution is -0.149. The molecule has 1 amide bonds. The van der Waals surface area contributed by atoms with Crippen molar-refractivity contribution >= 4 is 28.6 Å². The summed E-state index contributed by atoms with van der Waals surface area (Å²) in [5, 5.41) is 3.47. The molecule has 162 valence electrons. The molecule has 0 spiro atoms. The summed E-state index contributed by atoms with van der Waals surface area (Å²) in [7, 11) is 1.47. The van der Waals surface area contributed by atoms with Crippen LogP contribution in [-0.4, -0.2) is 41.9 Å². The van der Waals surface area contributed by atoms with E-state index in [2.05, 4.69) is 10.3 Å². The summed E-state index contributed by atoms with van der Waals surface area (Å²) < 4.78 is 10.7. The van der Waals surface area contributed by atoms with Crippen LogP contribution in [0.5, 0.6) is 5.75 Å². The van der Waals surface area contributed by atoms with Crippen LogP contribution in [-0.2, 0) is 9.53 Å². The van der Waals surface area contributed by atoms with Crippen molar-refractivity contribution in [1.29, 1.82) is 0 Å². The van der Waals surface area contributed by atoms with Gasteiger partial charge < -0.3 is 19.8 Å². The van der Waals surface area contributed by atoms with Gasteiger partial charge in [0.05, 0.1) is 12.7 Å². The molecule has 0 unspecified atom stereocenters. The van der Waals surface area contributed by atoms with Gasteiger partial charge in [0.25, 0.3) is 5.91 Å². The van der Waals surface area contributed by atoms with E-state index in [1.807, 2.05) is 24.3 Å². The molecule has 0 saturated carbocycles. The first-order chi connectivity index (χ1) is 14.8. The highest BCUT2D eigenvalue weighted by Crippen LogP contribution is 2.21. The van der Waals surface area contributed by atoms with Crippen LogP contribution in [0, 0.1) is 5.92 Å². The highest BCUT2D eigenvalue weighted by Gasteiger charge is 2.30. The molecule has 0 fully saturated rings. The molecule has 7 heteroatoms. The van der Waals surface area contributed by atoms with Crippen molar-refractivity contribution in [3.63, 3.8) is 0 Å². The number of aromatic amines is 1. The number of para-hydroxylation sites is 2. The van der Waals surface area contributed by atoms with E-state index in [9.17, 15) is 14.4 Å². The Morgan fingerprint density at radius 1 is 0.935 bits per heavy atom. The second-order valence-corrected chi connectivity index (χ2v) is 7.59. The Kier molecular flexibility index (Phi) is 6.74. The first-order valence-corrected chi connectivity index (χ1v) is 10.1. The van der Waals surface area contributed by atoms with Crippen LogP contribution in [0.25, 0.3) is 10.9 Å². The van der Waals surface area contributed by atoms with Gasteiger partial charge in [0.1, 0.15) is 11.8 Å². The molecule has 2 aromatic carbocycles. The van der Waals surface area contributed by atoms with Crippen molar-refractivity contribution < 1.29 is 23.9 Å². The fourth-order valence-electron chi connectivity index (χ4n) is 3.34. The molecule has 1 heterocycles. The zero-order valence-electron chi connectivity index (χ0n) is 18.0. The molecule has 0 saturated heterocycles. The largest absolute Gasteiger partial charge is 0.496 e. The van der Waals surface area contributed by atoms with E-state index >= 15 is 0 Å². The Balaban J connectivity index is 1.72. The van der Waals surface area contributed by atoms with Gasteiger partial charge in [-0.3, -0.25) is 9.59 Å². The fourth-order valence-corrected chi connectivity index (χ4v) is 3.34. The first-order valence-electron chi connectivity index (χ1n) is 10.1. The van der Waals surface area contributed by atoms with Crippen LogP contribution in [0.4, 0.5) is 0 Å². The van der Waals surface area contributed by atoms with Crippen LogP contribution in [0.1, 0.15) is 41.5 Å². The molecule has 0 aliphatic carbocycles. The number of carbonyl (C=O) groups excluding carboxylic acids is 3. The Bertz CT molecular complexity index is 1100. The zero-order valence-corrected chi connectivity index (χ0v) is 18.0. The van der Waals surface area contributed by atoms with Crippen LogP contribution in [0.15, 0.2) is 54.7 Å². The Labute approximate surface area is 180 Å². The van der Waals surface area contributed by atoms with Gasteiger partial charge in [-0.15, -0.1) is 0 Å². The smallest absolute Gasteiger partial charge is 0.329 e. The number of fused-ring (bicyclic) bond motifs is 1. The molecule has 0 aliphatic rings. The second-order valence-electron chi connectivity index (χ2n) is 7.59. The normalized spacial score (nSPS) is 12.9. The maximum Gasteiger partial charge on any atom is 0.329 e. The number of rotatable bonds is 8. The van der Waals surface area contributed by atoms with Crippen molar-refractivity contribution in [2.75, 3.05) is 7.11 Å². The van der Waals surface area contributed by atoms with Crippen molar-refractivity contribution in [2.24, 2.45) is 5.92 Å². The number of aromatic nitrogens is 1. The number of Topliss-reactive ketones (excluding diaryl/α,β-unsaturated/α-hetero) is 1. The van der Waals surface area contributed by atoms with Crippen LogP contribution < -0.4 is 10.1 Å². The van der Waals surface area contributed by atoms with Gasteiger partial charge >= 0.3 is 5.97 Å². The predicted octanol–water partition coefficient (Wildman–Crippen LogP) is 3.75. The average molecular weight is 422 g/mol. The molecule has 0 aliphatic heterocycles.